The molecule has 1 aliphatic heterocycles. The van der Waals surface area contributed by atoms with Gasteiger partial charge in [0.15, 0.2) is 17.7 Å². The first kappa shape index (κ1) is 15.3. The van der Waals surface area contributed by atoms with Gasteiger partial charge in [-0.15, -0.1) is 0 Å². The molecule has 0 radical (unpaired) electrons. The van der Waals surface area contributed by atoms with Gasteiger partial charge in [-0.3, -0.25) is 4.79 Å². The molecule has 20 heavy (non-hydrogen) atoms. The SMILES string of the molecule is CC1(C)OC(C=O)[C@@H]([C@](O)(C(=O)Br)c2ccccc2)O1. The van der Waals surface area contributed by atoms with Gasteiger partial charge in [-0.1, -0.05) is 30.3 Å². The smallest absolute Gasteiger partial charge is 0.236 e. The Kier molecular flexibility index (Phi) is 4.11. The van der Waals surface area contributed by atoms with Crippen LogP contribution in [0.5, 0.6) is 0 Å². The van der Waals surface area contributed by atoms with E-state index < -0.39 is 28.3 Å². The van der Waals surface area contributed by atoms with Crippen molar-refractivity contribution in [2.75, 3.05) is 0 Å². The summed E-state index contributed by atoms with van der Waals surface area (Å²) in [6.45, 7) is 3.24. The molecule has 108 valence electrons. The largest absolute Gasteiger partial charge is 0.374 e. The van der Waals surface area contributed by atoms with Gasteiger partial charge in [-0.2, -0.15) is 0 Å². The Bertz CT molecular complexity index is 516. The second kappa shape index (κ2) is 5.37. The van der Waals surface area contributed by atoms with Crippen molar-refractivity contribution in [1.82, 2.24) is 0 Å². The number of aldehydes is 1. The van der Waals surface area contributed by atoms with Gasteiger partial charge in [0.2, 0.25) is 4.69 Å². The zero-order chi connectivity index (χ0) is 15.0. The second-order valence-corrected chi connectivity index (χ2v) is 5.78. The molecule has 1 heterocycles. The molecule has 1 fully saturated rings. The molecular weight excluding hydrogens is 328 g/mol. The lowest BCUT2D eigenvalue weighted by atomic mass is 9.87. The summed E-state index contributed by atoms with van der Waals surface area (Å²) in [5.74, 6) is -1.05. The van der Waals surface area contributed by atoms with Crippen LogP contribution in [0.4, 0.5) is 0 Å². The first-order valence-corrected chi connectivity index (χ1v) is 6.89. The summed E-state index contributed by atoms with van der Waals surface area (Å²) in [6.07, 6.45) is -1.62. The van der Waals surface area contributed by atoms with Gasteiger partial charge in [-0.25, -0.2) is 0 Å². The maximum Gasteiger partial charge on any atom is 0.236 e. The zero-order valence-electron chi connectivity index (χ0n) is 11.1. The molecule has 0 aliphatic carbocycles. The summed E-state index contributed by atoms with van der Waals surface area (Å²) in [4.78, 5) is 23.1. The second-order valence-electron chi connectivity index (χ2n) is 5.06. The summed E-state index contributed by atoms with van der Waals surface area (Å²) in [5.41, 5.74) is -1.67. The molecular formula is C14H15BrO5. The molecule has 1 unspecified atom stereocenters. The third-order valence-corrected chi connectivity index (χ3v) is 3.79. The highest BCUT2D eigenvalue weighted by Crippen LogP contribution is 2.40. The van der Waals surface area contributed by atoms with Crippen molar-refractivity contribution in [2.24, 2.45) is 0 Å². The summed E-state index contributed by atoms with van der Waals surface area (Å²) < 4.78 is 10.3. The minimum Gasteiger partial charge on any atom is -0.374 e. The molecule has 0 aromatic heterocycles. The summed E-state index contributed by atoms with van der Waals surface area (Å²) in [7, 11) is 0. The van der Waals surface area contributed by atoms with Gasteiger partial charge >= 0.3 is 0 Å². The first-order valence-electron chi connectivity index (χ1n) is 6.10. The number of benzene rings is 1. The lowest BCUT2D eigenvalue weighted by molar-refractivity contribution is -0.175. The minimum atomic E-state index is -2.00. The monoisotopic (exact) mass is 342 g/mol. The van der Waals surface area contributed by atoms with E-state index in [1.165, 1.54) is 0 Å². The van der Waals surface area contributed by atoms with Crippen LogP contribution < -0.4 is 0 Å². The Balaban J connectivity index is 2.49. The number of carbonyl (C=O) groups is 2. The van der Waals surface area contributed by atoms with Crippen molar-refractivity contribution in [3.8, 4) is 0 Å². The van der Waals surface area contributed by atoms with Crippen molar-refractivity contribution >= 4 is 26.9 Å². The highest BCUT2D eigenvalue weighted by atomic mass is 79.9. The number of hydrogen-bond donors (Lipinski definition) is 1. The molecule has 0 amide bonds. The summed E-state index contributed by atoms with van der Waals surface area (Å²) in [6, 6.07) is 8.32. The van der Waals surface area contributed by atoms with Crippen LogP contribution in [0.2, 0.25) is 0 Å². The maximum atomic E-state index is 11.9. The Labute approximate surface area is 125 Å². The predicted octanol–water partition coefficient (Wildman–Crippen LogP) is 1.51. The maximum absolute atomic E-state index is 11.9. The summed E-state index contributed by atoms with van der Waals surface area (Å²) >= 11 is 2.80. The lowest BCUT2D eigenvalue weighted by Crippen LogP contribution is -2.50. The van der Waals surface area contributed by atoms with E-state index >= 15 is 0 Å². The molecule has 5 nitrogen and oxygen atoms in total. The molecule has 6 heteroatoms. The van der Waals surface area contributed by atoms with Gasteiger partial charge in [0, 0.05) is 0 Å². The van der Waals surface area contributed by atoms with Crippen molar-refractivity contribution in [2.45, 2.75) is 37.4 Å². The molecule has 3 atom stereocenters. The number of hydrogen-bond acceptors (Lipinski definition) is 5. The van der Waals surface area contributed by atoms with Gasteiger partial charge < -0.3 is 19.4 Å². The lowest BCUT2D eigenvalue weighted by Gasteiger charge is -2.31. The van der Waals surface area contributed by atoms with Crippen LogP contribution in [-0.2, 0) is 24.7 Å². The molecule has 1 N–H and O–H groups in total. The van der Waals surface area contributed by atoms with Crippen LogP contribution >= 0.6 is 15.9 Å². The van der Waals surface area contributed by atoms with Gasteiger partial charge in [0.05, 0.1) is 0 Å². The third kappa shape index (κ3) is 2.56. The molecule has 0 bridgehead atoms. The van der Waals surface area contributed by atoms with Crippen molar-refractivity contribution in [3.63, 3.8) is 0 Å². The van der Waals surface area contributed by atoms with E-state index in [1.807, 2.05) is 0 Å². The van der Waals surface area contributed by atoms with Crippen molar-refractivity contribution < 1.29 is 24.2 Å². The summed E-state index contributed by atoms with van der Waals surface area (Å²) in [5, 5.41) is 10.8. The van der Waals surface area contributed by atoms with E-state index in [0.29, 0.717) is 11.8 Å². The van der Waals surface area contributed by atoms with Crippen LogP contribution in [0.15, 0.2) is 30.3 Å². The van der Waals surface area contributed by atoms with Crippen molar-refractivity contribution in [3.05, 3.63) is 35.9 Å². The van der Waals surface area contributed by atoms with Crippen LogP contribution in [0.25, 0.3) is 0 Å². The van der Waals surface area contributed by atoms with Crippen LogP contribution in [0.1, 0.15) is 19.4 Å². The fraction of sp³-hybridized carbons (Fsp3) is 0.429. The molecule has 1 aliphatic rings. The third-order valence-electron chi connectivity index (χ3n) is 3.19. The molecule has 2 rings (SSSR count). The Morgan fingerprint density at radius 3 is 2.45 bits per heavy atom. The topological polar surface area (TPSA) is 72.8 Å². The van der Waals surface area contributed by atoms with Crippen LogP contribution in [0.3, 0.4) is 0 Å². The fourth-order valence-electron chi connectivity index (χ4n) is 2.29. The molecule has 1 saturated heterocycles. The Morgan fingerprint density at radius 1 is 1.35 bits per heavy atom. The Morgan fingerprint density at radius 2 is 1.95 bits per heavy atom. The van der Waals surface area contributed by atoms with Crippen molar-refractivity contribution in [1.29, 1.82) is 0 Å². The van der Waals surface area contributed by atoms with Gasteiger partial charge in [0.25, 0.3) is 0 Å². The predicted molar refractivity (Wildman–Crippen MR) is 74.2 cm³/mol. The number of ether oxygens (including phenoxy) is 2. The van der Waals surface area contributed by atoms with E-state index in [-0.39, 0.29) is 0 Å². The van der Waals surface area contributed by atoms with E-state index in [0.717, 1.165) is 0 Å². The highest BCUT2D eigenvalue weighted by molar-refractivity contribution is 9.18. The van der Waals surface area contributed by atoms with E-state index in [2.05, 4.69) is 15.9 Å². The number of halogens is 1. The standard InChI is InChI=1S/C14H15BrO5/c1-13(2)19-10(8-16)11(20-13)14(18,12(15)17)9-6-4-3-5-7-9/h3-8,10-11,18H,1-2H3/t10?,11-,14-/m0/s1. The van der Waals surface area contributed by atoms with E-state index in [1.54, 1.807) is 44.2 Å². The normalized spacial score (nSPS) is 27.8. The van der Waals surface area contributed by atoms with E-state index in [9.17, 15) is 14.7 Å². The molecule has 1 aromatic carbocycles. The average molecular weight is 343 g/mol. The van der Waals surface area contributed by atoms with E-state index in [4.69, 9.17) is 9.47 Å². The highest BCUT2D eigenvalue weighted by Gasteiger charge is 2.56. The number of aliphatic hydroxyl groups is 1. The molecule has 0 saturated carbocycles. The average Bonchev–Trinajstić information content (AvgIpc) is 2.74. The molecule has 1 aromatic rings. The zero-order valence-corrected chi connectivity index (χ0v) is 12.7. The van der Waals surface area contributed by atoms with Gasteiger partial charge in [-0.05, 0) is 35.3 Å². The molecule has 0 spiro atoms. The number of carbonyl (C=O) groups excluding carboxylic acids is 2. The van der Waals surface area contributed by atoms with Gasteiger partial charge in [0.1, 0.15) is 12.2 Å². The first-order chi connectivity index (χ1) is 9.31. The fourth-order valence-corrected chi connectivity index (χ4v) is 2.75. The quantitative estimate of drug-likeness (QED) is 0.663. The number of rotatable bonds is 4. The van der Waals surface area contributed by atoms with Crippen LogP contribution in [-0.4, -0.2) is 34.1 Å². The van der Waals surface area contributed by atoms with Crippen LogP contribution in [0, 0.1) is 0 Å². The minimum absolute atomic E-state index is 0.333. The Hall–Kier alpha value is -1.08.